The summed E-state index contributed by atoms with van der Waals surface area (Å²) in [6, 6.07) is 16.8. The number of carbonyl (C=O) groups excluding carboxylic acids is 1. The summed E-state index contributed by atoms with van der Waals surface area (Å²) in [7, 11) is 0. The van der Waals surface area contributed by atoms with E-state index in [-0.39, 0.29) is 5.91 Å². The highest BCUT2D eigenvalue weighted by atomic mass is 32.1. The average molecular weight is 309 g/mol. The van der Waals surface area contributed by atoms with Crippen molar-refractivity contribution in [3.63, 3.8) is 0 Å². The first kappa shape index (κ1) is 14.8. The van der Waals surface area contributed by atoms with Gasteiger partial charge >= 0.3 is 0 Å². The Morgan fingerprint density at radius 2 is 1.86 bits per heavy atom. The Hall–Kier alpha value is -2.13. The average Bonchev–Trinajstić information content (AvgIpc) is 3.07. The Labute approximate surface area is 134 Å². The number of fused-ring (bicyclic) bond motifs is 1. The maximum absolute atomic E-state index is 11.9. The molecule has 0 fully saturated rings. The quantitative estimate of drug-likeness (QED) is 0.726. The Bertz CT molecular complexity index is 744. The molecule has 0 aliphatic rings. The van der Waals surface area contributed by atoms with Gasteiger partial charge in [0.2, 0.25) is 5.91 Å². The summed E-state index contributed by atoms with van der Waals surface area (Å²) in [6.07, 6.45) is 2.25. The van der Waals surface area contributed by atoms with Gasteiger partial charge in [-0.05, 0) is 51.6 Å². The van der Waals surface area contributed by atoms with Crippen LogP contribution in [0.15, 0.2) is 59.3 Å². The lowest BCUT2D eigenvalue weighted by Crippen LogP contribution is -2.25. The monoisotopic (exact) mass is 309 g/mol. The second kappa shape index (κ2) is 7.23. The molecule has 3 aromatic rings. The van der Waals surface area contributed by atoms with E-state index >= 15 is 0 Å². The van der Waals surface area contributed by atoms with Crippen LogP contribution in [0.5, 0.6) is 0 Å². The molecule has 0 radical (unpaired) electrons. The second-order valence-electron chi connectivity index (χ2n) is 5.37. The van der Waals surface area contributed by atoms with Crippen LogP contribution < -0.4 is 5.32 Å². The summed E-state index contributed by atoms with van der Waals surface area (Å²) in [5, 5.41) is 9.70. The highest BCUT2D eigenvalue weighted by Gasteiger charge is 2.04. The van der Waals surface area contributed by atoms with Crippen molar-refractivity contribution >= 4 is 28.0 Å². The topological polar surface area (TPSA) is 29.1 Å². The molecule has 2 nitrogen and oxygen atoms in total. The van der Waals surface area contributed by atoms with E-state index in [1.807, 2.05) is 5.38 Å². The maximum atomic E-state index is 11.9. The number of nitrogens with one attached hydrogen (secondary N) is 1. The minimum Gasteiger partial charge on any atom is -0.356 e. The van der Waals surface area contributed by atoms with Crippen molar-refractivity contribution in [1.29, 1.82) is 0 Å². The highest BCUT2D eigenvalue weighted by molar-refractivity contribution is 7.07. The Morgan fingerprint density at radius 1 is 1.00 bits per heavy atom. The van der Waals surface area contributed by atoms with E-state index in [1.54, 1.807) is 11.3 Å². The SMILES string of the molecule is O=C(CCc1ccsc1)NCCc1cccc2ccccc12. The van der Waals surface area contributed by atoms with Crippen molar-refractivity contribution in [3.8, 4) is 0 Å². The molecule has 0 spiro atoms. The van der Waals surface area contributed by atoms with Gasteiger partial charge in [0.25, 0.3) is 0 Å². The van der Waals surface area contributed by atoms with Crippen molar-refractivity contribution in [2.24, 2.45) is 0 Å². The molecule has 112 valence electrons. The first-order valence-electron chi connectivity index (χ1n) is 7.57. The van der Waals surface area contributed by atoms with E-state index in [1.165, 1.54) is 21.9 Å². The van der Waals surface area contributed by atoms with Gasteiger partial charge in [0.1, 0.15) is 0 Å². The first-order chi connectivity index (χ1) is 10.8. The maximum Gasteiger partial charge on any atom is 0.220 e. The second-order valence-corrected chi connectivity index (χ2v) is 6.15. The van der Waals surface area contributed by atoms with Crippen LogP contribution in [0, 0.1) is 0 Å². The summed E-state index contributed by atoms with van der Waals surface area (Å²) in [5.41, 5.74) is 2.53. The van der Waals surface area contributed by atoms with Crippen LogP contribution in [0.2, 0.25) is 0 Å². The van der Waals surface area contributed by atoms with Gasteiger partial charge in [0.05, 0.1) is 0 Å². The van der Waals surface area contributed by atoms with Gasteiger partial charge in [-0.3, -0.25) is 4.79 Å². The van der Waals surface area contributed by atoms with E-state index in [9.17, 15) is 4.79 Å². The van der Waals surface area contributed by atoms with Gasteiger partial charge in [-0.15, -0.1) is 0 Å². The van der Waals surface area contributed by atoms with Gasteiger partial charge in [0.15, 0.2) is 0 Å². The fourth-order valence-electron chi connectivity index (χ4n) is 2.63. The number of hydrogen-bond donors (Lipinski definition) is 1. The van der Waals surface area contributed by atoms with E-state index in [2.05, 4.69) is 59.2 Å². The van der Waals surface area contributed by atoms with Gasteiger partial charge in [-0.25, -0.2) is 0 Å². The largest absolute Gasteiger partial charge is 0.356 e. The molecule has 1 aromatic heterocycles. The van der Waals surface area contributed by atoms with Gasteiger partial charge in [-0.2, -0.15) is 11.3 Å². The lowest BCUT2D eigenvalue weighted by atomic mass is 10.0. The van der Waals surface area contributed by atoms with Crippen LogP contribution in [-0.2, 0) is 17.6 Å². The Balaban J connectivity index is 1.50. The number of benzene rings is 2. The number of aryl methyl sites for hydroxylation is 1. The molecule has 2 aromatic carbocycles. The summed E-state index contributed by atoms with van der Waals surface area (Å²) >= 11 is 1.68. The molecule has 0 aliphatic heterocycles. The van der Waals surface area contributed by atoms with E-state index < -0.39 is 0 Å². The number of hydrogen-bond acceptors (Lipinski definition) is 2. The molecule has 1 heterocycles. The minimum atomic E-state index is 0.131. The van der Waals surface area contributed by atoms with Crippen LogP contribution in [0.3, 0.4) is 0 Å². The molecule has 0 saturated carbocycles. The number of carbonyl (C=O) groups is 1. The number of amides is 1. The summed E-state index contributed by atoms with van der Waals surface area (Å²) in [4.78, 5) is 11.9. The molecule has 1 amide bonds. The number of thiophene rings is 1. The summed E-state index contributed by atoms with van der Waals surface area (Å²) in [5.74, 6) is 0.131. The van der Waals surface area contributed by atoms with Crippen LogP contribution in [0.1, 0.15) is 17.5 Å². The first-order valence-corrected chi connectivity index (χ1v) is 8.51. The molecular formula is C19H19NOS. The highest BCUT2D eigenvalue weighted by Crippen LogP contribution is 2.18. The zero-order valence-corrected chi connectivity index (χ0v) is 13.2. The number of rotatable bonds is 6. The fraction of sp³-hybridized carbons (Fsp3) is 0.211. The van der Waals surface area contributed by atoms with Gasteiger partial charge < -0.3 is 5.32 Å². The molecule has 0 unspecified atom stereocenters. The molecule has 0 atom stereocenters. The van der Waals surface area contributed by atoms with E-state index in [0.717, 1.165) is 12.8 Å². The molecular weight excluding hydrogens is 290 g/mol. The van der Waals surface area contributed by atoms with Crippen molar-refractivity contribution < 1.29 is 4.79 Å². The fourth-order valence-corrected chi connectivity index (χ4v) is 3.33. The van der Waals surface area contributed by atoms with Crippen molar-refractivity contribution in [2.75, 3.05) is 6.54 Å². The van der Waals surface area contributed by atoms with Crippen LogP contribution in [-0.4, -0.2) is 12.5 Å². The molecule has 0 aliphatic carbocycles. The van der Waals surface area contributed by atoms with E-state index in [4.69, 9.17) is 0 Å². The van der Waals surface area contributed by atoms with E-state index in [0.29, 0.717) is 13.0 Å². The van der Waals surface area contributed by atoms with Crippen molar-refractivity contribution in [1.82, 2.24) is 5.32 Å². The standard InChI is InChI=1S/C19H19NOS/c21-19(9-8-15-11-13-22-14-15)20-12-10-17-6-3-5-16-4-1-2-7-18(16)17/h1-7,11,13-14H,8-10,12H2,(H,20,21). The molecule has 1 N–H and O–H groups in total. The molecule has 0 bridgehead atoms. The molecule has 3 rings (SSSR count). The van der Waals surface area contributed by atoms with Crippen LogP contribution in [0.4, 0.5) is 0 Å². The van der Waals surface area contributed by atoms with Crippen molar-refractivity contribution in [3.05, 3.63) is 70.4 Å². The molecule has 22 heavy (non-hydrogen) atoms. The minimum absolute atomic E-state index is 0.131. The third kappa shape index (κ3) is 3.74. The predicted molar refractivity (Wildman–Crippen MR) is 93.3 cm³/mol. The third-order valence-electron chi connectivity index (χ3n) is 3.82. The third-order valence-corrected chi connectivity index (χ3v) is 4.55. The summed E-state index contributed by atoms with van der Waals surface area (Å²) < 4.78 is 0. The smallest absolute Gasteiger partial charge is 0.220 e. The van der Waals surface area contributed by atoms with Crippen LogP contribution >= 0.6 is 11.3 Å². The normalized spacial score (nSPS) is 10.7. The van der Waals surface area contributed by atoms with Crippen molar-refractivity contribution in [2.45, 2.75) is 19.3 Å². The Morgan fingerprint density at radius 3 is 2.73 bits per heavy atom. The van der Waals surface area contributed by atoms with Gasteiger partial charge in [0, 0.05) is 13.0 Å². The predicted octanol–water partition coefficient (Wildman–Crippen LogP) is 4.19. The van der Waals surface area contributed by atoms with Gasteiger partial charge in [-0.1, -0.05) is 42.5 Å². The lowest BCUT2D eigenvalue weighted by Gasteiger charge is -2.08. The summed E-state index contributed by atoms with van der Waals surface area (Å²) in [6.45, 7) is 0.691. The lowest BCUT2D eigenvalue weighted by molar-refractivity contribution is -0.121. The molecule has 3 heteroatoms. The Kier molecular flexibility index (Phi) is 4.86. The zero-order chi connectivity index (χ0) is 15.2. The zero-order valence-electron chi connectivity index (χ0n) is 12.4. The molecule has 0 saturated heterocycles. The van der Waals surface area contributed by atoms with Crippen LogP contribution in [0.25, 0.3) is 10.8 Å².